The van der Waals surface area contributed by atoms with E-state index < -0.39 is 60.2 Å². The summed E-state index contributed by atoms with van der Waals surface area (Å²) in [6, 6.07) is 0. The number of hydrogen-bond donors (Lipinski definition) is 5. The summed E-state index contributed by atoms with van der Waals surface area (Å²) in [6.45, 7) is 5.87. The second-order valence-electron chi connectivity index (χ2n) is 7.93. The van der Waals surface area contributed by atoms with Crippen LogP contribution in [0, 0.1) is 12.8 Å². The number of aromatic amines is 1. The van der Waals surface area contributed by atoms with Gasteiger partial charge in [-0.1, -0.05) is 13.8 Å². The number of nitrogens with one attached hydrogen (secondary N) is 1. The number of fused-ring (bicyclic) bond motifs is 1. The van der Waals surface area contributed by atoms with Crippen molar-refractivity contribution in [2.45, 2.75) is 76.0 Å². The highest BCUT2D eigenvalue weighted by Crippen LogP contribution is 2.64. The second kappa shape index (κ2) is 7.12. The van der Waals surface area contributed by atoms with Gasteiger partial charge in [-0.05, 0) is 26.7 Å². The van der Waals surface area contributed by atoms with Gasteiger partial charge in [0, 0.05) is 17.7 Å². The second-order valence-corrected chi connectivity index (χ2v) is 10.1. The van der Waals surface area contributed by atoms with E-state index in [1.807, 2.05) is 0 Å². The standard InChI is InChI=1S/C17H27N2O9P/c1-5-9(28-29(25,26)16(4,23)6-2)10-12-17(10,24)11(20)14(27-12)19-7-8(3)13(21)18-15(19)22/h7,9-12,14,20,23-24H,5-6H2,1-4H3,(H,25,26)(H,18,21,22)/t9?,10?,11-,12+,14?,16?,17-/m0/s1. The highest BCUT2D eigenvalue weighted by Gasteiger charge is 2.78. The Morgan fingerprint density at radius 1 is 1.45 bits per heavy atom. The smallest absolute Gasteiger partial charge is 0.359 e. The topological polar surface area (TPSA) is 171 Å². The number of aryl methyl sites for hydroxylation is 1. The quantitative estimate of drug-likeness (QED) is 0.357. The number of aliphatic hydroxyl groups excluding tert-OH is 1. The third-order valence-electron chi connectivity index (χ3n) is 6.02. The van der Waals surface area contributed by atoms with E-state index in [0.717, 1.165) is 4.57 Å². The number of H-pyrrole nitrogens is 1. The molecule has 0 aromatic carbocycles. The van der Waals surface area contributed by atoms with Gasteiger partial charge in [0.15, 0.2) is 11.6 Å². The van der Waals surface area contributed by atoms with Crippen molar-refractivity contribution in [1.29, 1.82) is 0 Å². The van der Waals surface area contributed by atoms with Gasteiger partial charge in [-0.3, -0.25) is 18.9 Å². The molecule has 8 atom stereocenters. The molecule has 1 saturated carbocycles. The maximum Gasteiger partial charge on any atom is 0.359 e. The van der Waals surface area contributed by atoms with Gasteiger partial charge in [-0.2, -0.15) is 0 Å². The zero-order valence-corrected chi connectivity index (χ0v) is 17.5. The molecule has 11 nitrogen and oxygen atoms in total. The van der Waals surface area contributed by atoms with Crippen molar-refractivity contribution in [3.05, 3.63) is 32.6 Å². The summed E-state index contributed by atoms with van der Waals surface area (Å²) < 4.78 is 24.5. The highest BCUT2D eigenvalue weighted by atomic mass is 31.2. The molecule has 5 unspecified atom stereocenters. The van der Waals surface area contributed by atoms with E-state index in [1.54, 1.807) is 6.92 Å². The third-order valence-corrected chi connectivity index (χ3v) is 8.11. The molecular weight excluding hydrogens is 407 g/mol. The number of hydrogen-bond acceptors (Lipinski definition) is 8. The Balaban J connectivity index is 1.82. The van der Waals surface area contributed by atoms with Crippen LogP contribution >= 0.6 is 7.60 Å². The minimum Gasteiger partial charge on any atom is -0.385 e. The van der Waals surface area contributed by atoms with Crippen LogP contribution in [0.25, 0.3) is 0 Å². The molecule has 1 aromatic heterocycles. The molecule has 5 N–H and O–H groups in total. The zero-order valence-electron chi connectivity index (χ0n) is 16.6. The maximum atomic E-state index is 12.5. The molecule has 1 aliphatic carbocycles. The summed E-state index contributed by atoms with van der Waals surface area (Å²) in [5, 5.41) is 29.8. The fourth-order valence-corrected chi connectivity index (χ4v) is 5.05. The van der Waals surface area contributed by atoms with Crippen molar-refractivity contribution in [1.82, 2.24) is 9.55 Å². The van der Waals surface area contributed by atoms with E-state index in [-0.39, 0.29) is 18.4 Å². The molecule has 1 aromatic rings. The van der Waals surface area contributed by atoms with Crippen molar-refractivity contribution in [3.63, 3.8) is 0 Å². The van der Waals surface area contributed by atoms with E-state index >= 15 is 0 Å². The fourth-order valence-electron chi connectivity index (χ4n) is 3.78. The Morgan fingerprint density at radius 3 is 2.55 bits per heavy atom. The molecule has 164 valence electrons. The van der Waals surface area contributed by atoms with Crippen LogP contribution in [0.5, 0.6) is 0 Å². The Labute approximate surface area is 166 Å². The Hall–Kier alpha value is -1.33. The van der Waals surface area contributed by atoms with Gasteiger partial charge in [0.25, 0.3) is 5.56 Å². The molecule has 12 heteroatoms. The van der Waals surface area contributed by atoms with Crippen LogP contribution in [0.15, 0.2) is 15.8 Å². The number of aromatic nitrogens is 2. The Kier molecular flexibility index (Phi) is 5.49. The summed E-state index contributed by atoms with van der Waals surface area (Å²) in [5.41, 5.74) is -2.94. The maximum absolute atomic E-state index is 12.5. The normalized spacial score (nSPS) is 36.1. The summed E-state index contributed by atoms with van der Waals surface area (Å²) in [6.07, 6.45) is -3.27. The van der Waals surface area contributed by atoms with Crippen molar-refractivity contribution in [2.24, 2.45) is 5.92 Å². The van der Waals surface area contributed by atoms with Gasteiger partial charge < -0.3 is 29.5 Å². The molecule has 0 bridgehead atoms. The van der Waals surface area contributed by atoms with Crippen LogP contribution in [0.1, 0.15) is 45.4 Å². The molecule has 1 saturated heterocycles. The number of rotatable bonds is 7. The summed E-state index contributed by atoms with van der Waals surface area (Å²) >= 11 is 0. The predicted octanol–water partition coefficient (Wildman–Crippen LogP) is -0.437. The number of ether oxygens (including phenoxy) is 1. The first-order valence-electron chi connectivity index (χ1n) is 9.43. The van der Waals surface area contributed by atoms with Crippen LogP contribution < -0.4 is 11.2 Å². The van der Waals surface area contributed by atoms with Crippen LogP contribution in [0.4, 0.5) is 0 Å². The first-order valence-corrected chi connectivity index (χ1v) is 11.0. The molecular formula is C17H27N2O9P. The van der Waals surface area contributed by atoms with E-state index in [9.17, 15) is 34.4 Å². The van der Waals surface area contributed by atoms with Crippen LogP contribution in [-0.4, -0.2) is 59.0 Å². The lowest BCUT2D eigenvalue weighted by atomic mass is 10.0. The van der Waals surface area contributed by atoms with Gasteiger partial charge in [0.2, 0.25) is 0 Å². The Bertz CT molecular complexity index is 957. The first-order chi connectivity index (χ1) is 13.3. The number of aliphatic hydroxyl groups is 3. The predicted molar refractivity (Wildman–Crippen MR) is 100 cm³/mol. The minimum atomic E-state index is -4.45. The lowest BCUT2D eigenvalue weighted by Gasteiger charge is -2.32. The third kappa shape index (κ3) is 3.34. The van der Waals surface area contributed by atoms with Crippen LogP contribution in [0.2, 0.25) is 0 Å². The molecule has 3 rings (SSSR count). The fraction of sp³-hybridized carbons (Fsp3) is 0.765. The summed E-state index contributed by atoms with van der Waals surface area (Å²) in [4.78, 5) is 35.9. The molecule has 2 heterocycles. The first kappa shape index (κ1) is 22.4. The zero-order chi connectivity index (χ0) is 21.9. The summed E-state index contributed by atoms with van der Waals surface area (Å²) in [7, 11) is -4.45. The van der Waals surface area contributed by atoms with Crippen molar-refractivity contribution < 1.29 is 34.0 Å². The average molecular weight is 434 g/mol. The molecule has 2 fully saturated rings. The molecule has 0 amide bonds. The van der Waals surface area contributed by atoms with E-state index in [2.05, 4.69) is 4.98 Å². The van der Waals surface area contributed by atoms with Gasteiger partial charge in [-0.25, -0.2) is 4.79 Å². The van der Waals surface area contributed by atoms with Crippen LogP contribution in [-0.2, 0) is 13.8 Å². The lowest BCUT2D eigenvalue weighted by Crippen LogP contribution is -2.43. The SMILES string of the molecule is CCC(OP(=O)(O)C(C)(O)CC)C1[C@H]2OC(n3cc(C)c(=O)[nH]c3=O)[C@H](O)[C@@]12O. The van der Waals surface area contributed by atoms with E-state index in [1.165, 1.54) is 27.0 Å². The molecule has 1 aliphatic heterocycles. The van der Waals surface area contributed by atoms with Crippen molar-refractivity contribution >= 4 is 7.60 Å². The van der Waals surface area contributed by atoms with E-state index in [0.29, 0.717) is 0 Å². The number of nitrogens with zero attached hydrogens (tertiary/aromatic N) is 1. The van der Waals surface area contributed by atoms with E-state index in [4.69, 9.17) is 9.26 Å². The average Bonchev–Trinajstić information content (AvgIpc) is 3.15. The van der Waals surface area contributed by atoms with Gasteiger partial charge >= 0.3 is 13.3 Å². The van der Waals surface area contributed by atoms with Crippen LogP contribution in [0.3, 0.4) is 0 Å². The minimum absolute atomic E-state index is 0.0226. The van der Waals surface area contributed by atoms with Gasteiger partial charge in [0.1, 0.15) is 17.8 Å². The van der Waals surface area contributed by atoms with Gasteiger partial charge in [0.05, 0.1) is 6.10 Å². The summed E-state index contributed by atoms with van der Waals surface area (Å²) in [5.74, 6) is -0.827. The lowest BCUT2D eigenvalue weighted by molar-refractivity contribution is -0.0957. The molecule has 0 spiro atoms. The Morgan fingerprint density at radius 2 is 2.07 bits per heavy atom. The van der Waals surface area contributed by atoms with Gasteiger partial charge in [-0.15, -0.1) is 0 Å². The highest BCUT2D eigenvalue weighted by molar-refractivity contribution is 7.54. The largest absolute Gasteiger partial charge is 0.385 e. The van der Waals surface area contributed by atoms with Crippen molar-refractivity contribution in [2.75, 3.05) is 0 Å². The molecule has 2 aliphatic rings. The van der Waals surface area contributed by atoms with Crippen molar-refractivity contribution in [3.8, 4) is 0 Å². The molecule has 29 heavy (non-hydrogen) atoms. The molecule has 0 radical (unpaired) electrons. The monoisotopic (exact) mass is 434 g/mol.